The molecule has 1 atom stereocenters. The Kier molecular flexibility index (Phi) is 7.63. The third-order valence-corrected chi connectivity index (χ3v) is 1.94. The summed E-state index contributed by atoms with van der Waals surface area (Å²) in [6.07, 6.45) is 2.85. The van der Waals surface area contributed by atoms with Gasteiger partial charge in [-0.15, -0.1) is 0 Å². The van der Waals surface area contributed by atoms with E-state index in [0.29, 0.717) is 12.5 Å². The van der Waals surface area contributed by atoms with Crippen LogP contribution in [0.4, 0.5) is 0 Å². The van der Waals surface area contributed by atoms with Gasteiger partial charge in [0.15, 0.2) is 0 Å². The van der Waals surface area contributed by atoms with Crippen molar-refractivity contribution < 1.29 is 15.0 Å². The summed E-state index contributed by atoms with van der Waals surface area (Å²) >= 11 is 0. The molecule has 0 aromatic rings. The number of aliphatic carboxylic acids is 1. The first-order valence-corrected chi connectivity index (χ1v) is 4.74. The highest BCUT2D eigenvalue weighted by Crippen LogP contribution is 2.08. The van der Waals surface area contributed by atoms with Crippen molar-refractivity contribution in [1.82, 2.24) is 5.32 Å². The number of carboxylic acids is 1. The molecule has 0 aliphatic carbocycles. The van der Waals surface area contributed by atoms with E-state index in [1.165, 1.54) is 0 Å². The predicted octanol–water partition coefficient (Wildman–Crippen LogP) is 0.459. The molecule has 4 nitrogen and oxygen atoms in total. The van der Waals surface area contributed by atoms with Crippen molar-refractivity contribution in [1.29, 1.82) is 0 Å². The molecule has 0 aliphatic heterocycles. The predicted molar refractivity (Wildman–Crippen MR) is 50.6 cm³/mol. The number of rotatable bonds is 8. The maximum atomic E-state index is 10.2. The van der Waals surface area contributed by atoms with Crippen molar-refractivity contribution in [2.24, 2.45) is 5.92 Å². The van der Waals surface area contributed by atoms with Gasteiger partial charge in [-0.2, -0.15) is 0 Å². The SMILES string of the molecule is CCCC(CCO)CNCC(=O)O. The van der Waals surface area contributed by atoms with Gasteiger partial charge in [0.1, 0.15) is 0 Å². The summed E-state index contributed by atoms with van der Waals surface area (Å²) in [7, 11) is 0. The number of nitrogens with one attached hydrogen (secondary N) is 1. The molecule has 78 valence electrons. The zero-order valence-corrected chi connectivity index (χ0v) is 8.12. The largest absolute Gasteiger partial charge is 0.480 e. The minimum Gasteiger partial charge on any atom is -0.480 e. The van der Waals surface area contributed by atoms with Crippen molar-refractivity contribution >= 4 is 5.97 Å². The van der Waals surface area contributed by atoms with Crippen LogP contribution in [0, 0.1) is 5.92 Å². The molecule has 0 aliphatic rings. The zero-order chi connectivity index (χ0) is 10.1. The molecule has 0 saturated carbocycles. The van der Waals surface area contributed by atoms with Gasteiger partial charge in [0.25, 0.3) is 0 Å². The highest BCUT2D eigenvalue weighted by Gasteiger charge is 2.06. The van der Waals surface area contributed by atoms with Gasteiger partial charge in [0, 0.05) is 6.61 Å². The summed E-state index contributed by atoms with van der Waals surface area (Å²) in [5.74, 6) is -0.436. The van der Waals surface area contributed by atoms with Crippen LogP contribution in [0.2, 0.25) is 0 Å². The molecule has 3 N–H and O–H groups in total. The minimum absolute atomic E-state index is 0.00560. The average Bonchev–Trinajstić information content (AvgIpc) is 2.04. The number of aliphatic hydroxyl groups is 1. The van der Waals surface area contributed by atoms with Crippen LogP contribution in [0.25, 0.3) is 0 Å². The van der Waals surface area contributed by atoms with Crippen molar-refractivity contribution in [3.63, 3.8) is 0 Å². The van der Waals surface area contributed by atoms with Crippen LogP contribution < -0.4 is 5.32 Å². The third kappa shape index (κ3) is 7.74. The Morgan fingerprint density at radius 3 is 2.62 bits per heavy atom. The van der Waals surface area contributed by atoms with Crippen LogP contribution in [0.5, 0.6) is 0 Å². The Balaban J connectivity index is 3.49. The van der Waals surface area contributed by atoms with E-state index in [1.807, 2.05) is 0 Å². The van der Waals surface area contributed by atoms with Crippen LogP contribution in [0.15, 0.2) is 0 Å². The van der Waals surface area contributed by atoms with Gasteiger partial charge in [0.05, 0.1) is 6.54 Å². The normalized spacial score (nSPS) is 12.8. The van der Waals surface area contributed by atoms with Gasteiger partial charge in [-0.1, -0.05) is 13.3 Å². The van der Waals surface area contributed by atoms with Gasteiger partial charge in [-0.25, -0.2) is 0 Å². The number of aliphatic hydroxyl groups excluding tert-OH is 1. The Morgan fingerprint density at radius 1 is 1.46 bits per heavy atom. The number of carbonyl (C=O) groups is 1. The standard InChI is InChI=1S/C9H19NO3/c1-2-3-8(4-5-11)6-10-7-9(12)13/h8,10-11H,2-7H2,1H3,(H,12,13). The summed E-state index contributed by atoms with van der Waals surface area (Å²) in [4.78, 5) is 10.2. The van der Waals surface area contributed by atoms with E-state index >= 15 is 0 Å². The lowest BCUT2D eigenvalue weighted by molar-refractivity contribution is -0.136. The molecule has 0 rings (SSSR count). The quantitative estimate of drug-likeness (QED) is 0.519. The van der Waals surface area contributed by atoms with E-state index in [-0.39, 0.29) is 13.2 Å². The molecular weight excluding hydrogens is 170 g/mol. The second kappa shape index (κ2) is 8.01. The fourth-order valence-corrected chi connectivity index (χ4v) is 1.32. The van der Waals surface area contributed by atoms with Gasteiger partial charge < -0.3 is 15.5 Å². The van der Waals surface area contributed by atoms with E-state index in [4.69, 9.17) is 10.2 Å². The second-order valence-corrected chi connectivity index (χ2v) is 3.19. The molecule has 1 unspecified atom stereocenters. The first-order chi connectivity index (χ1) is 6.20. The average molecular weight is 189 g/mol. The Bertz CT molecular complexity index is 133. The molecule has 4 heteroatoms. The Hall–Kier alpha value is -0.610. The number of hydrogen-bond donors (Lipinski definition) is 3. The summed E-state index contributed by atoms with van der Waals surface area (Å²) < 4.78 is 0. The maximum Gasteiger partial charge on any atom is 0.317 e. The first-order valence-electron chi connectivity index (χ1n) is 4.74. The lowest BCUT2D eigenvalue weighted by Crippen LogP contribution is -2.28. The maximum absolute atomic E-state index is 10.2. The van der Waals surface area contributed by atoms with Crippen LogP contribution in [-0.4, -0.2) is 35.9 Å². The van der Waals surface area contributed by atoms with E-state index in [0.717, 1.165) is 19.3 Å². The molecule has 0 bridgehead atoms. The van der Waals surface area contributed by atoms with E-state index in [2.05, 4.69) is 12.2 Å². The van der Waals surface area contributed by atoms with Crippen LogP contribution >= 0.6 is 0 Å². The molecule has 0 spiro atoms. The monoisotopic (exact) mass is 189 g/mol. The molecule has 0 fully saturated rings. The van der Waals surface area contributed by atoms with E-state index in [1.54, 1.807) is 0 Å². The fourth-order valence-electron chi connectivity index (χ4n) is 1.32. The summed E-state index contributed by atoms with van der Waals surface area (Å²) in [5, 5.41) is 19.9. The molecule has 0 aromatic carbocycles. The summed E-state index contributed by atoms with van der Waals surface area (Å²) in [5.41, 5.74) is 0. The summed E-state index contributed by atoms with van der Waals surface area (Å²) in [6, 6.07) is 0. The molecule has 0 aromatic heterocycles. The van der Waals surface area contributed by atoms with Crippen LogP contribution in [0.1, 0.15) is 26.2 Å². The first kappa shape index (κ1) is 12.4. The van der Waals surface area contributed by atoms with Crippen molar-refractivity contribution in [3.8, 4) is 0 Å². The summed E-state index contributed by atoms with van der Waals surface area (Å²) in [6.45, 7) is 2.95. The van der Waals surface area contributed by atoms with Gasteiger partial charge in [-0.3, -0.25) is 4.79 Å². The molecule has 0 heterocycles. The molecular formula is C9H19NO3. The van der Waals surface area contributed by atoms with Gasteiger partial charge in [0.2, 0.25) is 0 Å². The lowest BCUT2D eigenvalue weighted by Gasteiger charge is -2.14. The van der Waals surface area contributed by atoms with Crippen LogP contribution in [-0.2, 0) is 4.79 Å². The minimum atomic E-state index is -0.834. The van der Waals surface area contributed by atoms with Crippen LogP contribution in [0.3, 0.4) is 0 Å². The zero-order valence-electron chi connectivity index (χ0n) is 8.12. The van der Waals surface area contributed by atoms with E-state index < -0.39 is 5.97 Å². The molecule has 0 saturated heterocycles. The highest BCUT2D eigenvalue weighted by molar-refractivity contribution is 5.68. The number of hydrogen-bond acceptors (Lipinski definition) is 3. The molecule has 0 radical (unpaired) electrons. The van der Waals surface area contributed by atoms with Gasteiger partial charge >= 0.3 is 5.97 Å². The van der Waals surface area contributed by atoms with Crippen molar-refractivity contribution in [2.45, 2.75) is 26.2 Å². The number of carboxylic acid groups (broad SMARTS) is 1. The van der Waals surface area contributed by atoms with Crippen molar-refractivity contribution in [3.05, 3.63) is 0 Å². The third-order valence-electron chi connectivity index (χ3n) is 1.94. The highest BCUT2D eigenvalue weighted by atomic mass is 16.4. The second-order valence-electron chi connectivity index (χ2n) is 3.19. The topological polar surface area (TPSA) is 69.6 Å². The fraction of sp³-hybridized carbons (Fsp3) is 0.889. The Morgan fingerprint density at radius 2 is 2.15 bits per heavy atom. The van der Waals surface area contributed by atoms with E-state index in [9.17, 15) is 4.79 Å². The molecule has 0 amide bonds. The smallest absolute Gasteiger partial charge is 0.317 e. The molecule has 13 heavy (non-hydrogen) atoms. The van der Waals surface area contributed by atoms with Gasteiger partial charge in [-0.05, 0) is 25.3 Å². The lowest BCUT2D eigenvalue weighted by atomic mass is 10.0. The Labute approximate surface area is 79.0 Å². The van der Waals surface area contributed by atoms with Crippen molar-refractivity contribution in [2.75, 3.05) is 19.7 Å².